The Morgan fingerprint density at radius 3 is 1.39 bits per heavy atom. The first-order chi connectivity index (χ1) is 35.2. The smallest absolute Gasteiger partial charge is 0.164 e. The Morgan fingerprint density at radius 1 is 0.268 bits per heavy atom. The van der Waals surface area contributed by atoms with Gasteiger partial charge in [0.25, 0.3) is 0 Å². The second kappa shape index (κ2) is 15.5. The van der Waals surface area contributed by atoms with Gasteiger partial charge in [-0.3, -0.25) is 0 Å². The predicted octanol–water partition coefficient (Wildman–Crippen LogP) is 17.6. The minimum atomic E-state index is 0.594. The first-order valence-electron chi connectivity index (χ1n) is 24.0. The first kappa shape index (κ1) is 39.4. The Kier molecular flexibility index (Phi) is 8.59. The minimum absolute atomic E-state index is 0.594. The fourth-order valence-corrected chi connectivity index (χ4v) is 11.3. The summed E-state index contributed by atoms with van der Waals surface area (Å²) in [6, 6.07) is 81.6. The van der Waals surface area contributed by atoms with Crippen LogP contribution in [0.15, 0.2) is 235 Å². The zero-order chi connectivity index (χ0) is 46.6. The van der Waals surface area contributed by atoms with Crippen LogP contribution in [0.3, 0.4) is 0 Å². The van der Waals surface area contributed by atoms with E-state index in [1.54, 1.807) is 0 Å². The van der Waals surface area contributed by atoms with Crippen molar-refractivity contribution in [2.45, 2.75) is 0 Å². The van der Waals surface area contributed by atoms with Crippen LogP contribution in [-0.2, 0) is 0 Å². The van der Waals surface area contributed by atoms with Gasteiger partial charge < -0.3 is 4.42 Å². The third-order valence-corrected chi connectivity index (χ3v) is 14.5. The molecule has 12 aromatic carbocycles. The van der Waals surface area contributed by atoms with Gasteiger partial charge in [0.05, 0.1) is 11.2 Å². The largest absolute Gasteiger partial charge is 0.456 e. The quantitative estimate of drug-likeness (QED) is 0.161. The van der Waals surface area contributed by atoms with Crippen LogP contribution in [-0.4, -0.2) is 19.9 Å². The highest BCUT2D eigenvalue weighted by atomic mass is 16.3. The van der Waals surface area contributed by atoms with Gasteiger partial charge in [-0.2, -0.15) is 0 Å². The van der Waals surface area contributed by atoms with Crippen molar-refractivity contribution in [3.05, 3.63) is 231 Å². The van der Waals surface area contributed by atoms with Gasteiger partial charge in [0.2, 0.25) is 0 Å². The predicted molar refractivity (Wildman–Crippen MR) is 295 cm³/mol. The zero-order valence-electron chi connectivity index (χ0n) is 38.1. The molecule has 15 aromatic rings. The van der Waals surface area contributed by atoms with E-state index in [4.69, 9.17) is 24.4 Å². The summed E-state index contributed by atoms with van der Waals surface area (Å²) in [6.45, 7) is 0. The topological polar surface area (TPSA) is 64.7 Å². The maximum Gasteiger partial charge on any atom is 0.164 e. The molecule has 0 bridgehead atoms. The summed E-state index contributed by atoms with van der Waals surface area (Å²) in [7, 11) is 0. The fourth-order valence-electron chi connectivity index (χ4n) is 11.3. The molecule has 0 N–H and O–H groups in total. The standard InChI is InChI=1S/C66H38N4O/c1-3-19-44-39(15-1)17-13-27-51(44)65-68-64(69-66(70-65)52-28-14-18-40-16-2-4-20-45(40)52)42-33-31-41(32-34-42)63-56-38-59-62(54-26-10-12-30-58(54)71-59)60(61(56)53-25-9-11-29-57(53)67-63)43-35-36-50-48-23-6-5-21-46(48)47-22-7-8-24-49(47)55(50)37-43/h1-38H. The summed E-state index contributed by atoms with van der Waals surface area (Å²) in [5.74, 6) is 1.84. The number of hydrogen-bond acceptors (Lipinski definition) is 5. The molecule has 328 valence electrons. The van der Waals surface area contributed by atoms with Crippen LogP contribution in [0.2, 0.25) is 0 Å². The average Bonchev–Trinajstić information content (AvgIpc) is 3.82. The maximum atomic E-state index is 6.82. The molecule has 0 radical (unpaired) electrons. The van der Waals surface area contributed by atoms with Crippen molar-refractivity contribution in [3.8, 4) is 56.5 Å². The van der Waals surface area contributed by atoms with Gasteiger partial charge in [-0.05, 0) is 83.7 Å². The summed E-state index contributed by atoms with van der Waals surface area (Å²) >= 11 is 0. The van der Waals surface area contributed by atoms with Crippen LogP contribution >= 0.6 is 0 Å². The molecule has 0 aliphatic rings. The van der Waals surface area contributed by atoms with E-state index in [1.165, 1.54) is 32.3 Å². The Balaban J connectivity index is 0.962. The highest BCUT2D eigenvalue weighted by Gasteiger charge is 2.23. The van der Waals surface area contributed by atoms with E-state index in [1.807, 2.05) is 6.07 Å². The van der Waals surface area contributed by atoms with Crippen molar-refractivity contribution in [1.29, 1.82) is 0 Å². The van der Waals surface area contributed by atoms with E-state index in [9.17, 15) is 0 Å². The highest BCUT2D eigenvalue weighted by molar-refractivity contribution is 6.30. The molecule has 0 saturated carbocycles. The number of furan rings is 1. The van der Waals surface area contributed by atoms with Crippen LogP contribution in [0.25, 0.3) is 154 Å². The average molecular weight is 903 g/mol. The SMILES string of the molecule is c1ccc2c(-c3nc(-c4ccc(-c5nc6ccccc6c6c(-c7ccc8c9ccccc9c9ccccc9c8c7)c7c(cc56)oc5ccccc57)cc4)nc(-c4cccc5ccccc45)n3)cccc2c1. The molecule has 0 unspecified atom stereocenters. The molecular formula is C66H38N4O. The normalized spacial score (nSPS) is 11.9. The number of fused-ring (bicyclic) bond motifs is 14. The van der Waals surface area contributed by atoms with Crippen LogP contribution in [0.1, 0.15) is 0 Å². The van der Waals surface area contributed by atoms with E-state index in [2.05, 4.69) is 224 Å². The van der Waals surface area contributed by atoms with E-state index in [0.29, 0.717) is 17.5 Å². The third-order valence-electron chi connectivity index (χ3n) is 14.5. The van der Waals surface area contributed by atoms with Crippen LogP contribution in [0.5, 0.6) is 0 Å². The number of rotatable bonds is 5. The molecule has 0 saturated heterocycles. The minimum Gasteiger partial charge on any atom is -0.456 e. The summed E-state index contributed by atoms with van der Waals surface area (Å²) in [4.78, 5) is 21.1. The first-order valence-corrected chi connectivity index (χ1v) is 24.0. The van der Waals surface area contributed by atoms with E-state index >= 15 is 0 Å². The van der Waals surface area contributed by atoms with Gasteiger partial charge in [0.15, 0.2) is 17.5 Å². The summed E-state index contributed by atoms with van der Waals surface area (Å²) in [5, 5.41) is 17.3. The zero-order valence-corrected chi connectivity index (χ0v) is 38.1. The molecule has 3 heterocycles. The van der Waals surface area contributed by atoms with E-state index in [0.717, 1.165) is 104 Å². The molecule has 0 atom stereocenters. The number of nitrogens with zero attached hydrogens (tertiary/aromatic N) is 4. The van der Waals surface area contributed by atoms with Crippen molar-refractivity contribution >= 4 is 97.5 Å². The summed E-state index contributed by atoms with van der Waals surface area (Å²) in [5.41, 5.74) is 9.47. The second-order valence-corrected chi connectivity index (χ2v) is 18.4. The van der Waals surface area contributed by atoms with Gasteiger partial charge in [0.1, 0.15) is 11.2 Å². The van der Waals surface area contributed by atoms with E-state index < -0.39 is 0 Å². The van der Waals surface area contributed by atoms with Crippen molar-refractivity contribution in [2.24, 2.45) is 0 Å². The van der Waals surface area contributed by atoms with Crippen molar-refractivity contribution in [3.63, 3.8) is 0 Å². The highest BCUT2D eigenvalue weighted by Crippen LogP contribution is 2.48. The summed E-state index contributed by atoms with van der Waals surface area (Å²) < 4.78 is 6.82. The number of para-hydroxylation sites is 2. The lowest BCUT2D eigenvalue weighted by Gasteiger charge is -2.17. The molecule has 5 heteroatoms. The molecular weight excluding hydrogens is 865 g/mol. The lowest BCUT2D eigenvalue weighted by Crippen LogP contribution is -2.01. The van der Waals surface area contributed by atoms with Gasteiger partial charge in [-0.15, -0.1) is 0 Å². The molecule has 0 amide bonds. The lowest BCUT2D eigenvalue weighted by molar-refractivity contribution is 0.669. The maximum absolute atomic E-state index is 6.82. The molecule has 5 nitrogen and oxygen atoms in total. The van der Waals surface area contributed by atoms with Crippen LogP contribution in [0, 0.1) is 0 Å². The van der Waals surface area contributed by atoms with Gasteiger partial charge in [0, 0.05) is 54.7 Å². The third kappa shape index (κ3) is 6.13. The van der Waals surface area contributed by atoms with Crippen LogP contribution in [0.4, 0.5) is 0 Å². The Bertz CT molecular complexity index is 4560. The second-order valence-electron chi connectivity index (χ2n) is 18.4. The molecule has 15 rings (SSSR count). The van der Waals surface area contributed by atoms with Gasteiger partial charge >= 0.3 is 0 Å². The van der Waals surface area contributed by atoms with Crippen molar-refractivity contribution in [1.82, 2.24) is 19.9 Å². The fraction of sp³-hybridized carbons (Fsp3) is 0. The molecule has 0 aliphatic heterocycles. The molecule has 3 aromatic heterocycles. The van der Waals surface area contributed by atoms with Crippen molar-refractivity contribution in [2.75, 3.05) is 0 Å². The monoisotopic (exact) mass is 902 g/mol. The number of hydrogen-bond donors (Lipinski definition) is 0. The summed E-state index contributed by atoms with van der Waals surface area (Å²) in [6.07, 6.45) is 0. The van der Waals surface area contributed by atoms with Gasteiger partial charge in [-0.1, -0.05) is 206 Å². The Labute approximate surface area is 407 Å². The molecule has 71 heavy (non-hydrogen) atoms. The van der Waals surface area contributed by atoms with Crippen LogP contribution < -0.4 is 0 Å². The number of benzene rings is 12. The molecule has 0 aliphatic carbocycles. The lowest BCUT2D eigenvalue weighted by atomic mass is 9.87. The molecule has 0 fully saturated rings. The Morgan fingerprint density at radius 2 is 0.746 bits per heavy atom. The number of aromatic nitrogens is 4. The molecule has 0 spiro atoms. The van der Waals surface area contributed by atoms with Gasteiger partial charge in [-0.25, -0.2) is 19.9 Å². The Hall–Kier alpha value is -9.58. The van der Waals surface area contributed by atoms with Crippen molar-refractivity contribution < 1.29 is 4.42 Å². The van der Waals surface area contributed by atoms with E-state index in [-0.39, 0.29) is 0 Å². The number of pyridine rings is 1.